The number of benzene rings is 2. The molecule has 0 aliphatic rings. The summed E-state index contributed by atoms with van der Waals surface area (Å²) in [6, 6.07) is 13.1. The van der Waals surface area contributed by atoms with Crippen LogP contribution in [-0.4, -0.2) is 16.5 Å². The second-order valence-electron chi connectivity index (χ2n) is 5.05. The summed E-state index contributed by atoms with van der Waals surface area (Å²) in [4.78, 5) is 14.0. The van der Waals surface area contributed by atoms with Crippen molar-refractivity contribution in [1.29, 1.82) is 0 Å². The van der Waals surface area contributed by atoms with Crippen molar-refractivity contribution >= 4 is 38.4 Å². The Morgan fingerprint density at radius 1 is 1.23 bits per heavy atom. The van der Waals surface area contributed by atoms with Crippen LogP contribution in [0.15, 0.2) is 53.1 Å². The van der Waals surface area contributed by atoms with Gasteiger partial charge in [0, 0.05) is 31.5 Å². The van der Waals surface area contributed by atoms with Gasteiger partial charge in [-0.05, 0) is 41.5 Å². The summed E-state index contributed by atoms with van der Waals surface area (Å²) in [5, 5.41) is 12.6. The van der Waals surface area contributed by atoms with E-state index in [1.165, 1.54) is 0 Å². The summed E-state index contributed by atoms with van der Waals surface area (Å²) in [7, 11) is 0. The van der Waals surface area contributed by atoms with Crippen LogP contribution in [0.2, 0.25) is 5.02 Å². The fourth-order valence-corrected chi connectivity index (χ4v) is 3.07. The number of aromatic amines is 1. The summed E-state index contributed by atoms with van der Waals surface area (Å²) >= 11 is 9.46. The summed E-state index contributed by atoms with van der Waals surface area (Å²) in [5.41, 5.74) is 2.71. The van der Waals surface area contributed by atoms with Crippen molar-refractivity contribution < 1.29 is 4.92 Å². The Morgan fingerprint density at radius 3 is 2.64 bits per heavy atom. The lowest BCUT2D eigenvalue weighted by atomic mass is 9.91. The molecule has 0 aliphatic heterocycles. The maximum absolute atomic E-state index is 11.1. The largest absolute Gasteiger partial charge is 0.361 e. The zero-order valence-corrected chi connectivity index (χ0v) is 13.8. The van der Waals surface area contributed by atoms with Crippen molar-refractivity contribution in [1.82, 2.24) is 4.98 Å². The van der Waals surface area contributed by atoms with E-state index < -0.39 is 0 Å². The monoisotopic (exact) mass is 378 g/mol. The van der Waals surface area contributed by atoms with Crippen molar-refractivity contribution in [2.45, 2.75) is 5.92 Å². The predicted molar refractivity (Wildman–Crippen MR) is 91.2 cm³/mol. The predicted octanol–water partition coefficient (Wildman–Crippen LogP) is 4.99. The van der Waals surface area contributed by atoms with Gasteiger partial charge in [0.1, 0.15) is 0 Å². The maximum Gasteiger partial charge on any atom is 0.214 e. The van der Waals surface area contributed by atoms with E-state index in [2.05, 4.69) is 20.9 Å². The number of hydrogen-bond acceptors (Lipinski definition) is 2. The van der Waals surface area contributed by atoms with Crippen LogP contribution in [0.1, 0.15) is 17.0 Å². The fraction of sp³-hybridized carbons (Fsp3) is 0.125. The number of nitrogens with one attached hydrogen (secondary N) is 1. The molecule has 0 bridgehead atoms. The molecule has 0 amide bonds. The highest BCUT2D eigenvalue weighted by molar-refractivity contribution is 9.10. The topological polar surface area (TPSA) is 58.9 Å². The van der Waals surface area contributed by atoms with Crippen LogP contribution < -0.4 is 0 Å². The van der Waals surface area contributed by atoms with Gasteiger partial charge < -0.3 is 4.98 Å². The van der Waals surface area contributed by atoms with E-state index in [9.17, 15) is 10.1 Å². The van der Waals surface area contributed by atoms with E-state index in [0.717, 1.165) is 26.5 Å². The van der Waals surface area contributed by atoms with Crippen LogP contribution in [0.4, 0.5) is 0 Å². The maximum atomic E-state index is 11.1. The third-order valence-electron chi connectivity index (χ3n) is 3.66. The lowest BCUT2D eigenvalue weighted by molar-refractivity contribution is -0.481. The number of fused-ring (bicyclic) bond motifs is 1. The molecule has 1 N–H and O–H groups in total. The molecule has 2 aromatic carbocycles. The van der Waals surface area contributed by atoms with Crippen molar-refractivity contribution in [3.63, 3.8) is 0 Å². The second-order valence-corrected chi connectivity index (χ2v) is 6.41. The minimum atomic E-state index is -0.324. The first kappa shape index (κ1) is 15.1. The molecule has 0 fully saturated rings. The molecular weight excluding hydrogens is 368 g/mol. The molecule has 112 valence electrons. The van der Waals surface area contributed by atoms with Crippen molar-refractivity contribution in [3.05, 3.63) is 79.4 Å². The Bertz CT molecular complexity index is 830. The van der Waals surface area contributed by atoms with E-state index in [1.807, 2.05) is 42.6 Å². The average molecular weight is 380 g/mol. The van der Waals surface area contributed by atoms with Gasteiger partial charge in [0.15, 0.2) is 0 Å². The Morgan fingerprint density at radius 2 is 1.95 bits per heavy atom. The van der Waals surface area contributed by atoms with Gasteiger partial charge in [-0.25, -0.2) is 0 Å². The summed E-state index contributed by atoms with van der Waals surface area (Å²) in [6.45, 7) is -0.166. The molecule has 3 aromatic rings. The molecular formula is C16H12BrClN2O2. The van der Waals surface area contributed by atoms with Gasteiger partial charge in [-0.1, -0.05) is 39.7 Å². The highest BCUT2D eigenvalue weighted by Crippen LogP contribution is 2.33. The van der Waals surface area contributed by atoms with Gasteiger partial charge >= 0.3 is 0 Å². The van der Waals surface area contributed by atoms with Crippen molar-refractivity contribution in [2.24, 2.45) is 0 Å². The van der Waals surface area contributed by atoms with Crippen LogP contribution in [0.25, 0.3) is 10.9 Å². The van der Waals surface area contributed by atoms with Gasteiger partial charge in [0.25, 0.3) is 0 Å². The number of nitrogens with zero attached hydrogens (tertiary/aromatic N) is 1. The fourth-order valence-electron chi connectivity index (χ4n) is 2.63. The van der Waals surface area contributed by atoms with E-state index >= 15 is 0 Å². The van der Waals surface area contributed by atoms with E-state index in [-0.39, 0.29) is 17.4 Å². The average Bonchev–Trinajstić information content (AvgIpc) is 2.88. The SMILES string of the molecule is O=[N+]([O-])CC(c1ccc(Br)cc1)c1c[nH]c2ccc(Cl)cc12. The number of aromatic nitrogens is 1. The first-order valence-electron chi connectivity index (χ1n) is 6.68. The molecule has 3 rings (SSSR count). The molecule has 1 aromatic heterocycles. The van der Waals surface area contributed by atoms with Crippen LogP contribution >= 0.6 is 27.5 Å². The van der Waals surface area contributed by atoms with Crippen LogP contribution in [0.5, 0.6) is 0 Å². The lowest BCUT2D eigenvalue weighted by Crippen LogP contribution is -2.13. The molecule has 0 aliphatic carbocycles. The quantitative estimate of drug-likeness (QED) is 0.512. The van der Waals surface area contributed by atoms with Crippen molar-refractivity contribution in [2.75, 3.05) is 6.54 Å². The molecule has 1 heterocycles. The first-order chi connectivity index (χ1) is 10.5. The van der Waals surface area contributed by atoms with Gasteiger partial charge in [-0.2, -0.15) is 0 Å². The highest BCUT2D eigenvalue weighted by Gasteiger charge is 2.23. The number of hydrogen-bond donors (Lipinski definition) is 1. The zero-order chi connectivity index (χ0) is 15.7. The second kappa shape index (κ2) is 6.10. The standard InChI is InChI=1S/C16H12BrClN2O2/c17-11-3-1-10(2-4-11)15(9-20(21)22)14-8-19-16-6-5-12(18)7-13(14)16/h1-8,15,19H,9H2. The Labute approximate surface area is 140 Å². The van der Waals surface area contributed by atoms with Crippen molar-refractivity contribution in [3.8, 4) is 0 Å². The number of rotatable bonds is 4. The minimum absolute atomic E-state index is 0.166. The lowest BCUT2D eigenvalue weighted by Gasteiger charge is -2.13. The Hall–Kier alpha value is -1.85. The summed E-state index contributed by atoms with van der Waals surface area (Å²) in [5.74, 6) is -0.324. The third kappa shape index (κ3) is 3.00. The molecule has 0 saturated carbocycles. The normalized spacial score (nSPS) is 12.5. The van der Waals surface area contributed by atoms with E-state index in [0.29, 0.717) is 5.02 Å². The van der Waals surface area contributed by atoms with Crippen LogP contribution in [0.3, 0.4) is 0 Å². The molecule has 22 heavy (non-hydrogen) atoms. The van der Waals surface area contributed by atoms with Gasteiger partial charge in [0.2, 0.25) is 6.54 Å². The molecule has 0 radical (unpaired) electrons. The smallest absolute Gasteiger partial charge is 0.214 e. The Kier molecular flexibility index (Phi) is 4.18. The molecule has 0 saturated heterocycles. The van der Waals surface area contributed by atoms with Crippen LogP contribution in [-0.2, 0) is 0 Å². The summed E-state index contributed by atoms with van der Waals surface area (Å²) in [6.07, 6.45) is 1.83. The number of halogens is 2. The number of nitro groups is 1. The van der Waals surface area contributed by atoms with E-state index in [4.69, 9.17) is 11.6 Å². The van der Waals surface area contributed by atoms with Crippen LogP contribution in [0, 0.1) is 10.1 Å². The molecule has 0 spiro atoms. The highest BCUT2D eigenvalue weighted by atomic mass is 79.9. The zero-order valence-electron chi connectivity index (χ0n) is 11.4. The molecule has 6 heteroatoms. The molecule has 1 unspecified atom stereocenters. The minimum Gasteiger partial charge on any atom is -0.361 e. The summed E-state index contributed by atoms with van der Waals surface area (Å²) < 4.78 is 0.943. The van der Waals surface area contributed by atoms with Gasteiger partial charge in [-0.15, -0.1) is 0 Å². The molecule has 1 atom stereocenters. The Balaban J connectivity index is 2.13. The van der Waals surface area contributed by atoms with Gasteiger partial charge in [0.05, 0.1) is 5.92 Å². The third-order valence-corrected chi connectivity index (χ3v) is 4.42. The van der Waals surface area contributed by atoms with Gasteiger partial charge in [-0.3, -0.25) is 10.1 Å². The first-order valence-corrected chi connectivity index (χ1v) is 7.85. The number of H-pyrrole nitrogens is 1. The van der Waals surface area contributed by atoms with E-state index in [1.54, 1.807) is 6.07 Å². The molecule has 4 nitrogen and oxygen atoms in total.